The van der Waals surface area contributed by atoms with Gasteiger partial charge in [-0.25, -0.2) is 0 Å². The van der Waals surface area contributed by atoms with Gasteiger partial charge in [-0.05, 0) is 46.7 Å². The summed E-state index contributed by atoms with van der Waals surface area (Å²) in [5.74, 6) is 0.605. The van der Waals surface area contributed by atoms with Gasteiger partial charge in [0.2, 0.25) is 0 Å². The van der Waals surface area contributed by atoms with Crippen molar-refractivity contribution in [2.75, 3.05) is 0 Å². The van der Waals surface area contributed by atoms with Gasteiger partial charge in [0, 0.05) is 5.56 Å². The van der Waals surface area contributed by atoms with Crippen molar-refractivity contribution < 1.29 is 9.90 Å². The molecule has 1 rings (SSSR count). The monoisotopic (exact) mass is 240 g/mol. The van der Waals surface area contributed by atoms with E-state index in [1.807, 2.05) is 27.7 Å². The molecule has 1 aromatic carbocycles. The first-order valence-corrected chi connectivity index (χ1v) is 5.79. The van der Waals surface area contributed by atoms with Crippen LogP contribution in [0.1, 0.15) is 61.0 Å². The van der Waals surface area contributed by atoms with Crippen molar-refractivity contribution in [2.24, 2.45) is 0 Å². The van der Waals surface area contributed by atoms with Crippen molar-refractivity contribution in [2.45, 2.75) is 39.5 Å². The molecular weight excluding hydrogens is 224 g/mol. The summed E-state index contributed by atoms with van der Waals surface area (Å²) in [4.78, 5) is 11.2. The van der Waals surface area contributed by atoms with Gasteiger partial charge < -0.3 is 5.11 Å². The Balaban J connectivity index is 3.45. The largest absolute Gasteiger partial charge is 0.507 e. The Morgan fingerprint density at radius 2 is 1.50 bits per heavy atom. The average Bonchev–Trinajstić information content (AvgIpc) is 2.16. The Hall–Kier alpha value is -1.02. The Morgan fingerprint density at radius 1 is 1.12 bits per heavy atom. The predicted molar refractivity (Wildman–Crippen MR) is 66.5 cm³/mol. The molecule has 2 nitrogen and oxygen atoms in total. The van der Waals surface area contributed by atoms with Crippen LogP contribution in [0.25, 0.3) is 0 Å². The molecule has 0 aliphatic carbocycles. The normalized spacial score (nSPS) is 11.2. The van der Waals surface area contributed by atoms with E-state index in [-0.39, 0.29) is 17.6 Å². The maximum atomic E-state index is 11.2. The first-order chi connectivity index (χ1) is 7.34. The van der Waals surface area contributed by atoms with Gasteiger partial charge in [0.25, 0.3) is 5.24 Å². The van der Waals surface area contributed by atoms with Crippen LogP contribution in [0, 0.1) is 0 Å². The molecule has 0 fully saturated rings. The lowest BCUT2D eigenvalue weighted by Gasteiger charge is -2.16. The van der Waals surface area contributed by atoms with Gasteiger partial charge in [0.15, 0.2) is 0 Å². The molecule has 0 saturated heterocycles. The van der Waals surface area contributed by atoms with E-state index in [0.29, 0.717) is 5.56 Å². The van der Waals surface area contributed by atoms with Gasteiger partial charge in [-0.3, -0.25) is 4.79 Å². The lowest BCUT2D eigenvalue weighted by Crippen LogP contribution is -2.00. The van der Waals surface area contributed by atoms with Crippen molar-refractivity contribution >= 4 is 16.8 Å². The summed E-state index contributed by atoms with van der Waals surface area (Å²) in [6, 6.07) is 3.34. The summed E-state index contributed by atoms with van der Waals surface area (Å²) in [5.41, 5.74) is 2.00. The fourth-order valence-corrected chi connectivity index (χ4v) is 1.78. The molecule has 0 radical (unpaired) electrons. The van der Waals surface area contributed by atoms with Crippen molar-refractivity contribution in [1.82, 2.24) is 0 Å². The molecule has 0 amide bonds. The molecule has 0 atom stereocenters. The van der Waals surface area contributed by atoms with E-state index in [9.17, 15) is 9.90 Å². The first-order valence-electron chi connectivity index (χ1n) is 5.41. The highest BCUT2D eigenvalue weighted by atomic mass is 35.5. The fourth-order valence-electron chi connectivity index (χ4n) is 1.67. The zero-order valence-corrected chi connectivity index (χ0v) is 10.8. The lowest BCUT2D eigenvalue weighted by molar-refractivity contribution is 0.108. The highest BCUT2D eigenvalue weighted by molar-refractivity contribution is 6.67. The van der Waals surface area contributed by atoms with Crippen molar-refractivity contribution in [3.8, 4) is 5.75 Å². The fraction of sp³-hybridized carbons (Fsp3) is 0.462. The highest BCUT2D eigenvalue weighted by Gasteiger charge is 2.16. The number of phenolic OH excluding ortho intramolecular Hbond substituents is 1. The Labute approximate surface area is 101 Å². The molecule has 0 heterocycles. The number of rotatable bonds is 3. The van der Waals surface area contributed by atoms with Gasteiger partial charge in [-0.15, -0.1) is 0 Å². The maximum Gasteiger partial charge on any atom is 0.252 e. The third kappa shape index (κ3) is 2.56. The van der Waals surface area contributed by atoms with E-state index in [0.717, 1.165) is 11.1 Å². The van der Waals surface area contributed by atoms with E-state index in [2.05, 4.69) is 0 Å². The summed E-state index contributed by atoms with van der Waals surface area (Å²) < 4.78 is 0. The number of phenols is 1. The van der Waals surface area contributed by atoms with Gasteiger partial charge in [-0.1, -0.05) is 27.7 Å². The molecule has 0 bridgehead atoms. The molecule has 0 aromatic heterocycles. The molecule has 1 N–H and O–H groups in total. The zero-order valence-electron chi connectivity index (χ0n) is 10.0. The lowest BCUT2D eigenvalue weighted by atomic mass is 9.92. The number of carbonyl (C=O) groups is 1. The zero-order chi connectivity index (χ0) is 12.5. The van der Waals surface area contributed by atoms with Gasteiger partial charge in [-0.2, -0.15) is 0 Å². The Kier molecular flexibility index (Phi) is 3.98. The number of hydrogen-bond acceptors (Lipinski definition) is 2. The van der Waals surface area contributed by atoms with Crippen LogP contribution < -0.4 is 0 Å². The molecular formula is C13H17ClO2. The third-order valence-corrected chi connectivity index (χ3v) is 2.86. The smallest absolute Gasteiger partial charge is 0.252 e. The maximum absolute atomic E-state index is 11.2. The molecule has 0 aliphatic heterocycles. The summed E-state index contributed by atoms with van der Waals surface area (Å²) in [6.07, 6.45) is 0. The second-order valence-electron chi connectivity index (χ2n) is 4.59. The number of hydrogen-bond donors (Lipinski definition) is 1. The SMILES string of the molecule is CC(C)c1cc(C(=O)Cl)cc(C(C)C)c1O. The van der Waals surface area contributed by atoms with E-state index < -0.39 is 5.24 Å². The topological polar surface area (TPSA) is 37.3 Å². The summed E-state index contributed by atoms with van der Waals surface area (Å²) in [6.45, 7) is 7.90. The molecule has 0 saturated carbocycles. The van der Waals surface area contributed by atoms with E-state index in [4.69, 9.17) is 11.6 Å². The highest BCUT2D eigenvalue weighted by Crippen LogP contribution is 2.35. The van der Waals surface area contributed by atoms with Crippen molar-refractivity contribution in [3.05, 3.63) is 28.8 Å². The molecule has 0 aliphatic rings. The minimum atomic E-state index is -0.483. The van der Waals surface area contributed by atoms with Crippen LogP contribution in [-0.4, -0.2) is 10.3 Å². The van der Waals surface area contributed by atoms with Crippen LogP contribution >= 0.6 is 11.6 Å². The van der Waals surface area contributed by atoms with Gasteiger partial charge in [0.1, 0.15) is 5.75 Å². The molecule has 0 unspecified atom stereocenters. The van der Waals surface area contributed by atoms with Crippen LogP contribution in [0.2, 0.25) is 0 Å². The van der Waals surface area contributed by atoms with E-state index in [1.54, 1.807) is 12.1 Å². The Bertz CT molecular complexity index is 379. The number of aromatic hydroxyl groups is 1. The van der Waals surface area contributed by atoms with Crippen LogP contribution in [0.4, 0.5) is 0 Å². The molecule has 16 heavy (non-hydrogen) atoms. The minimum Gasteiger partial charge on any atom is -0.507 e. The second kappa shape index (κ2) is 4.88. The Morgan fingerprint density at radius 3 is 1.75 bits per heavy atom. The van der Waals surface area contributed by atoms with Crippen LogP contribution in [0.3, 0.4) is 0 Å². The van der Waals surface area contributed by atoms with Gasteiger partial charge in [0.05, 0.1) is 0 Å². The molecule has 0 spiro atoms. The number of benzene rings is 1. The average molecular weight is 241 g/mol. The minimum absolute atomic E-state index is 0.161. The van der Waals surface area contributed by atoms with Crippen LogP contribution in [0.5, 0.6) is 5.75 Å². The van der Waals surface area contributed by atoms with E-state index in [1.165, 1.54) is 0 Å². The van der Waals surface area contributed by atoms with E-state index >= 15 is 0 Å². The van der Waals surface area contributed by atoms with Crippen LogP contribution in [0.15, 0.2) is 12.1 Å². The summed E-state index contributed by atoms with van der Waals surface area (Å²) in [7, 11) is 0. The van der Waals surface area contributed by atoms with Crippen molar-refractivity contribution in [1.29, 1.82) is 0 Å². The second-order valence-corrected chi connectivity index (χ2v) is 4.93. The van der Waals surface area contributed by atoms with Crippen LogP contribution in [-0.2, 0) is 0 Å². The third-order valence-electron chi connectivity index (χ3n) is 2.64. The summed E-state index contributed by atoms with van der Waals surface area (Å²) >= 11 is 5.49. The van der Waals surface area contributed by atoms with Gasteiger partial charge >= 0.3 is 0 Å². The number of halogens is 1. The molecule has 3 heteroatoms. The first kappa shape index (κ1) is 13.0. The molecule has 1 aromatic rings. The quantitative estimate of drug-likeness (QED) is 0.811. The molecule has 88 valence electrons. The van der Waals surface area contributed by atoms with Crippen molar-refractivity contribution in [3.63, 3.8) is 0 Å². The standard InChI is InChI=1S/C13H17ClO2/c1-7(2)10-5-9(13(14)16)6-11(8(3)4)12(10)15/h5-8,15H,1-4H3. The predicted octanol–water partition coefficient (Wildman–Crippen LogP) is 4.02. The number of carbonyl (C=O) groups excluding carboxylic acids is 1. The summed E-state index contributed by atoms with van der Waals surface area (Å²) in [5, 5.41) is 9.60.